The molecule has 1 rings (SSSR count). The van der Waals surface area contributed by atoms with Crippen LogP contribution in [-0.4, -0.2) is 24.1 Å². The fraction of sp³-hybridized carbons (Fsp3) is 0.571. The SMILES string of the molecule is CCC(CSC)NC(C)Cc1ccc(F)cc1. The van der Waals surface area contributed by atoms with Gasteiger partial charge in [-0.25, -0.2) is 4.39 Å². The van der Waals surface area contributed by atoms with Crippen LogP contribution in [0.2, 0.25) is 0 Å². The highest BCUT2D eigenvalue weighted by Gasteiger charge is 2.10. The lowest BCUT2D eigenvalue weighted by Crippen LogP contribution is -2.38. The Morgan fingerprint density at radius 1 is 1.29 bits per heavy atom. The Bertz CT molecular complexity index is 313. The van der Waals surface area contributed by atoms with Crippen LogP contribution in [0.25, 0.3) is 0 Å². The van der Waals surface area contributed by atoms with E-state index in [1.165, 1.54) is 17.7 Å². The second kappa shape index (κ2) is 7.72. The predicted octanol–water partition coefficient (Wildman–Crippen LogP) is 3.49. The minimum Gasteiger partial charge on any atom is -0.310 e. The Morgan fingerprint density at radius 2 is 1.94 bits per heavy atom. The van der Waals surface area contributed by atoms with Gasteiger partial charge in [0.2, 0.25) is 0 Å². The third-order valence-corrected chi connectivity index (χ3v) is 3.57. The monoisotopic (exact) mass is 255 g/mol. The van der Waals surface area contributed by atoms with Crippen molar-refractivity contribution < 1.29 is 4.39 Å². The zero-order chi connectivity index (χ0) is 12.7. The second-order valence-corrected chi connectivity index (χ2v) is 5.37. The summed E-state index contributed by atoms with van der Waals surface area (Å²) in [4.78, 5) is 0. The molecule has 0 heterocycles. The quantitative estimate of drug-likeness (QED) is 0.800. The molecule has 0 fully saturated rings. The van der Waals surface area contributed by atoms with E-state index in [2.05, 4.69) is 25.4 Å². The van der Waals surface area contributed by atoms with E-state index in [1.54, 1.807) is 0 Å². The molecule has 0 radical (unpaired) electrons. The topological polar surface area (TPSA) is 12.0 Å². The fourth-order valence-corrected chi connectivity index (χ4v) is 2.65. The minimum absolute atomic E-state index is 0.164. The van der Waals surface area contributed by atoms with Crippen LogP contribution < -0.4 is 5.32 Å². The zero-order valence-corrected chi connectivity index (χ0v) is 11.7. The lowest BCUT2D eigenvalue weighted by Gasteiger charge is -2.21. The van der Waals surface area contributed by atoms with Crippen LogP contribution in [0, 0.1) is 5.82 Å². The maximum atomic E-state index is 12.8. The highest BCUT2D eigenvalue weighted by atomic mass is 32.2. The number of nitrogens with one attached hydrogen (secondary N) is 1. The Labute approximate surface area is 108 Å². The number of hydrogen-bond acceptors (Lipinski definition) is 2. The average molecular weight is 255 g/mol. The molecule has 0 aliphatic carbocycles. The molecule has 0 aliphatic rings. The van der Waals surface area contributed by atoms with Crippen molar-refractivity contribution in [1.82, 2.24) is 5.32 Å². The molecule has 1 N–H and O–H groups in total. The standard InChI is InChI=1S/C14H22FNS/c1-4-14(10-17-3)16-11(2)9-12-5-7-13(15)8-6-12/h5-8,11,14,16H,4,9-10H2,1-3H3. The minimum atomic E-state index is -0.164. The van der Waals surface area contributed by atoms with Gasteiger partial charge in [-0.1, -0.05) is 19.1 Å². The predicted molar refractivity (Wildman–Crippen MR) is 75.2 cm³/mol. The van der Waals surface area contributed by atoms with Gasteiger partial charge in [-0.2, -0.15) is 11.8 Å². The van der Waals surface area contributed by atoms with Crippen molar-refractivity contribution in [3.8, 4) is 0 Å². The summed E-state index contributed by atoms with van der Waals surface area (Å²) in [5.74, 6) is 0.979. The first-order valence-electron chi connectivity index (χ1n) is 6.15. The van der Waals surface area contributed by atoms with E-state index in [9.17, 15) is 4.39 Å². The number of thioether (sulfide) groups is 1. The van der Waals surface area contributed by atoms with Crippen LogP contribution in [-0.2, 0) is 6.42 Å². The summed E-state index contributed by atoms with van der Waals surface area (Å²) in [6.07, 6.45) is 4.23. The first kappa shape index (κ1) is 14.5. The van der Waals surface area contributed by atoms with Crippen LogP contribution in [0.5, 0.6) is 0 Å². The number of halogens is 1. The summed E-state index contributed by atoms with van der Waals surface area (Å²) in [6.45, 7) is 4.39. The molecule has 2 atom stereocenters. The smallest absolute Gasteiger partial charge is 0.123 e. The molecule has 0 spiro atoms. The summed E-state index contributed by atoms with van der Waals surface area (Å²) in [5, 5.41) is 3.62. The number of hydrogen-bond donors (Lipinski definition) is 1. The van der Waals surface area contributed by atoms with Crippen molar-refractivity contribution in [2.75, 3.05) is 12.0 Å². The van der Waals surface area contributed by atoms with E-state index in [1.807, 2.05) is 23.9 Å². The molecular weight excluding hydrogens is 233 g/mol. The summed E-state index contributed by atoms with van der Waals surface area (Å²) < 4.78 is 12.8. The third kappa shape index (κ3) is 5.55. The maximum absolute atomic E-state index is 12.8. The highest BCUT2D eigenvalue weighted by molar-refractivity contribution is 7.98. The third-order valence-electron chi connectivity index (χ3n) is 2.84. The molecule has 0 aliphatic heterocycles. The van der Waals surface area contributed by atoms with E-state index in [4.69, 9.17) is 0 Å². The summed E-state index contributed by atoms with van der Waals surface area (Å²) in [7, 11) is 0. The first-order valence-corrected chi connectivity index (χ1v) is 7.54. The van der Waals surface area contributed by atoms with Crippen molar-refractivity contribution in [1.29, 1.82) is 0 Å². The Kier molecular flexibility index (Phi) is 6.60. The van der Waals surface area contributed by atoms with Crippen LogP contribution in [0.3, 0.4) is 0 Å². The van der Waals surface area contributed by atoms with Crippen molar-refractivity contribution in [3.05, 3.63) is 35.6 Å². The molecule has 1 aromatic carbocycles. The molecule has 1 nitrogen and oxygen atoms in total. The molecular formula is C14H22FNS. The molecule has 0 bridgehead atoms. The maximum Gasteiger partial charge on any atom is 0.123 e. The van der Waals surface area contributed by atoms with Crippen molar-refractivity contribution in [2.45, 2.75) is 38.8 Å². The largest absolute Gasteiger partial charge is 0.310 e. The zero-order valence-electron chi connectivity index (χ0n) is 10.9. The van der Waals surface area contributed by atoms with Gasteiger partial charge in [0.25, 0.3) is 0 Å². The van der Waals surface area contributed by atoms with Crippen molar-refractivity contribution in [3.63, 3.8) is 0 Å². The molecule has 17 heavy (non-hydrogen) atoms. The highest BCUT2D eigenvalue weighted by Crippen LogP contribution is 2.08. The fourth-order valence-electron chi connectivity index (χ4n) is 1.92. The normalized spacial score (nSPS) is 14.6. The van der Waals surface area contributed by atoms with E-state index >= 15 is 0 Å². The van der Waals surface area contributed by atoms with Crippen LogP contribution >= 0.6 is 11.8 Å². The first-order chi connectivity index (χ1) is 8.15. The Balaban J connectivity index is 2.42. The van der Waals surface area contributed by atoms with Crippen LogP contribution in [0.15, 0.2) is 24.3 Å². The molecule has 0 amide bonds. The summed E-state index contributed by atoms with van der Waals surface area (Å²) >= 11 is 1.87. The Morgan fingerprint density at radius 3 is 2.47 bits per heavy atom. The van der Waals surface area contributed by atoms with E-state index in [-0.39, 0.29) is 5.82 Å². The van der Waals surface area contributed by atoms with Gasteiger partial charge in [0.05, 0.1) is 0 Å². The molecule has 2 unspecified atom stereocenters. The molecule has 0 saturated heterocycles. The summed E-state index contributed by atoms with van der Waals surface area (Å²) in [5.41, 5.74) is 1.19. The van der Waals surface area contributed by atoms with Gasteiger partial charge in [-0.3, -0.25) is 0 Å². The van der Waals surface area contributed by atoms with Gasteiger partial charge in [0.15, 0.2) is 0 Å². The van der Waals surface area contributed by atoms with E-state index < -0.39 is 0 Å². The van der Waals surface area contributed by atoms with Gasteiger partial charge in [-0.15, -0.1) is 0 Å². The van der Waals surface area contributed by atoms with Gasteiger partial charge in [-0.05, 0) is 43.7 Å². The Hall–Kier alpha value is -0.540. The van der Waals surface area contributed by atoms with E-state index in [0.717, 1.165) is 18.6 Å². The van der Waals surface area contributed by atoms with Gasteiger partial charge in [0.1, 0.15) is 5.82 Å². The van der Waals surface area contributed by atoms with Crippen LogP contribution in [0.4, 0.5) is 4.39 Å². The van der Waals surface area contributed by atoms with Crippen molar-refractivity contribution in [2.24, 2.45) is 0 Å². The average Bonchev–Trinajstić information content (AvgIpc) is 2.31. The summed E-state index contributed by atoms with van der Waals surface area (Å²) in [6, 6.07) is 7.78. The second-order valence-electron chi connectivity index (χ2n) is 4.46. The molecule has 1 aromatic rings. The number of rotatable bonds is 7. The number of benzene rings is 1. The van der Waals surface area contributed by atoms with Crippen LogP contribution in [0.1, 0.15) is 25.8 Å². The molecule has 0 saturated carbocycles. The lowest BCUT2D eigenvalue weighted by atomic mass is 10.1. The van der Waals surface area contributed by atoms with E-state index in [0.29, 0.717) is 12.1 Å². The molecule has 3 heteroatoms. The molecule has 0 aromatic heterocycles. The van der Waals surface area contributed by atoms with Gasteiger partial charge in [0, 0.05) is 17.8 Å². The van der Waals surface area contributed by atoms with Gasteiger partial charge < -0.3 is 5.32 Å². The van der Waals surface area contributed by atoms with Crippen molar-refractivity contribution >= 4 is 11.8 Å². The van der Waals surface area contributed by atoms with Gasteiger partial charge >= 0.3 is 0 Å². The lowest BCUT2D eigenvalue weighted by molar-refractivity contribution is 0.460. The molecule has 96 valence electrons.